The number of rotatable bonds is 3. The molecule has 0 unspecified atom stereocenters. The van der Waals surface area contributed by atoms with E-state index in [9.17, 15) is 14.3 Å². The van der Waals surface area contributed by atoms with Crippen molar-refractivity contribution in [2.45, 2.75) is 0 Å². The number of phenolic OH excluding ortho intramolecular Hbond substituents is 2. The van der Waals surface area contributed by atoms with Gasteiger partial charge in [0.15, 0.2) is 23.1 Å². The van der Waals surface area contributed by atoms with Gasteiger partial charge >= 0.3 is 0 Å². The van der Waals surface area contributed by atoms with Gasteiger partial charge in [0.05, 0.1) is 7.11 Å². The molecule has 0 aromatic heterocycles. The average Bonchev–Trinajstić information content (AvgIpc) is 2.42. The number of ether oxygens (including phenoxy) is 1. The molecule has 0 fully saturated rings. The lowest BCUT2D eigenvalue weighted by atomic mass is 10.2. The van der Waals surface area contributed by atoms with E-state index in [1.165, 1.54) is 31.4 Å². The van der Waals surface area contributed by atoms with Crippen LogP contribution in [0.15, 0.2) is 36.4 Å². The number of benzene rings is 2. The van der Waals surface area contributed by atoms with E-state index in [-0.39, 0.29) is 22.7 Å². The highest BCUT2D eigenvalue weighted by Gasteiger charge is 2.10. The van der Waals surface area contributed by atoms with Crippen molar-refractivity contribution in [1.29, 1.82) is 0 Å². The van der Waals surface area contributed by atoms with Crippen molar-refractivity contribution in [3.63, 3.8) is 0 Å². The van der Waals surface area contributed by atoms with Crippen LogP contribution in [-0.2, 0) is 0 Å². The summed E-state index contributed by atoms with van der Waals surface area (Å²) in [7, 11) is 1.34. The Bertz CT molecular complexity index is 658. The van der Waals surface area contributed by atoms with Crippen LogP contribution in [0.5, 0.6) is 17.2 Å². The van der Waals surface area contributed by atoms with E-state index >= 15 is 0 Å². The van der Waals surface area contributed by atoms with Gasteiger partial charge in [-0.3, -0.25) is 4.79 Å². The summed E-state index contributed by atoms with van der Waals surface area (Å²) in [6.07, 6.45) is 0. The summed E-state index contributed by atoms with van der Waals surface area (Å²) in [5, 5.41) is 21.0. The fraction of sp³-hybridized carbons (Fsp3) is 0.0714. The maximum atomic E-state index is 13.5. The summed E-state index contributed by atoms with van der Waals surface area (Å²) in [6.45, 7) is 0. The van der Waals surface area contributed by atoms with Crippen LogP contribution < -0.4 is 10.1 Å². The van der Waals surface area contributed by atoms with E-state index in [1.807, 2.05) is 0 Å². The van der Waals surface area contributed by atoms with Crippen LogP contribution in [0.1, 0.15) is 10.4 Å². The van der Waals surface area contributed by atoms with Crippen molar-refractivity contribution in [3.05, 3.63) is 47.8 Å². The van der Waals surface area contributed by atoms with Crippen LogP contribution in [0.25, 0.3) is 0 Å². The first-order valence-corrected chi connectivity index (χ1v) is 5.68. The highest BCUT2D eigenvalue weighted by molar-refractivity contribution is 6.04. The largest absolute Gasteiger partial charge is 0.504 e. The molecule has 0 aliphatic heterocycles. The Morgan fingerprint density at radius 2 is 1.90 bits per heavy atom. The lowest BCUT2D eigenvalue weighted by molar-refractivity contribution is 0.102. The molecule has 0 aliphatic carbocycles. The van der Waals surface area contributed by atoms with Gasteiger partial charge in [-0.15, -0.1) is 0 Å². The molecule has 0 radical (unpaired) electrons. The summed E-state index contributed by atoms with van der Waals surface area (Å²) in [4.78, 5) is 11.9. The van der Waals surface area contributed by atoms with Gasteiger partial charge in [-0.2, -0.15) is 0 Å². The fourth-order valence-electron chi connectivity index (χ4n) is 1.61. The second-order valence-corrected chi connectivity index (χ2v) is 4.01. The van der Waals surface area contributed by atoms with Gasteiger partial charge in [-0.1, -0.05) is 0 Å². The third-order valence-electron chi connectivity index (χ3n) is 2.65. The number of methoxy groups -OCH3 is 1. The Morgan fingerprint density at radius 1 is 1.15 bits per heavy atom. The molecular formula is C14H12FNO4. The van der Waals surface area contributed by atoms with Gasteiger partial charge in [0.25, 0.3) is 5.91 Å². The standard InChI is InChI=1S/C14H12FNO4/c1-20-13-5-3-9(7-10(13)15)16-14(19)8-2-4-11(17)12(18)6-8/h2-7,17-18H,1H3,(H,16,19). The van der Waals surface area contributed by atoms with Gasteiger partial charge < -0.3 is 20.3 Å². The molecule has 20 heavy (non-hydrogen) atoms. The van der Waals surface area contributed by atoms with Crippen LogP contribution in [0.4, 0.5) is 10.1 Å². The molecule has 2 aromatic rings. The molecule has 0 saturated heterocycles. The molecule has 104 valence electrons. The molecule has 2 aromatic carbocycles. The van der Waals surface area contributed by atoms with Crippen molar-refractivity contribution >= 4 is 11.6 Å². The van der Waals surface area contributed by atoms with Gasteiger partial charge in [0.2, 0.25) is 0 Å². The number of carbonyl (C=O) groups excluding carboxylic acids is 1. The number of phenols is 2. The third kappa shape index (κ3) is 2.80. The Hall–Kier alpha value is -2.76. The smallest absolute Gasteiger partial charge is 0.255 e. The molecule has 0 saturated carbocycles. The normalized spacial score (nSPS) is 10.1. The predicted octanol–water partition coefficient (Wildman–Crippen LogP) is 2.50. The zero-order valence-corrected chi connectivity index (χ0v) is 10.6. The summed E-state index contributed by atoms with van der Waals surface area (Å²) >= 11 is 0. The second kappa shape index (κ2) is 5.48. The van der Waals surface area contributed by atoms with E-state index in [0.29, 0.717) is 0 Å². The summed E-state index contributed by atoms with van der Waals surface area (Å²) in [5.41, 5.74) is 0.386. The minimum atomic E-state index is -0.598. The van der Waals surface area contributed by atoms with E-state index in [4.69, 9.17) is 9.84 Å². The van der Waals surface area contributed by atoms with Crippen LogP contribution >= 0.6 is 0 Å². The molecular weight excluding hydrogens is 265 g/mol. The lowest BCUT2D eigenvalue weighted by Gasteiger charge is -2.08. The highest BCUT2D eigenvalue weighted by atomic mass is 19.1. The predicted molar refractivity (Wildman–Crippen MR) is 70.7 cm³/mol. The monoisotopic (exact) mass is 277 g/mol. The zero-order chi connectivity index (χ0) is 14.7. The summed E-state index contributed by atoms with van der Waals surface area (Å²) in [5.74, 6) is -1.79. The van der Waals surface area contributed by atoms with Crippen molar-refractivity contribution in [2.75, 3.05) is 12.4 Å². The van der Waals surface area contributed by atoms with E-state index in [2.05, 4.69) is 5.32 Å². The number of halogens is 1. The second-order valence-electron chi connectivity index (χ2n) is 4.01. The first kappa shape index (κ1) is 13.7. The molecule has 3 N–H and O–H groups in total. The van der Waals surface area contributed by atoms with Crippen LogP contribution in [0.2, 0.25) is 0 Å². The minimum absolute atomic E-state index is 0.0743. The first-order valence-electron chi connectivity index (χ1n) is 5.68. The molecule has 1 amide bonds. The molecule has 0 aliphatic rings. The van der Waals surface area contributed by atoms with Crippen LogP contribution in [0, 0.1) is 5.82 Å². The molecule has 0 spiro atoms. The Morgan fingerprint density at radius 3 is 2.50 bits per heavy atom. The van der Waals surface area contributed by atoms with Crippen molar-refractivity contribution in [3.8, 4) is 17.2 Å². The highest BCUT2D eigenvalue weighted by Crippen LogP contribution is 2.26. The van der Waals surface area contributed by atoms with Crippen LogP contribution in [0.3, 0.4) is 0 Å². The van der Waals surface area contributed by atoms with E-state index < -0.39 is 17.5 Å². The van der Waals surface area contributed by atoms with E-state index in [1.54, 1.807) is 0 Å². The summed E-state index contributed by atoms with van der Waals surface area (Å²) < 4.78 is 18.2. The Labute approximate surface area is 114 Å². The average molecular weight is 277 g/mol. The quantitative estimate of drug-likeness (QED) is 0.753. The van der Waals surface area contributed by atoms with Crippen molar-refractivity contribution in [2.24, 2.45) is 0 Å². The van der Waals surface area contributed by atoms with Gasteiger partial charge in [0, 0.05) is 17.3 Å². The maximum absolute atomic E-state index is 13.5. The first-order chi connectivity index (χ1) is 9.51. The van der Waals surface area contributed by atoms with Gasteiger partial charge in [0.1, 0.15) is 0 Å². The van der Waals surface area contributed by atoms with Gasteiger partial charge in [-0.25, -0.2) is 4.39 Å². The topological polar surface area (TPSA) is 78.8 Å². The minimum Gasteiger partial charge on any atom is -0.504 e. The van der Waals surface area contributed by atoms with Crippen LogP contribution in [-0.4, -0.2) is 23.2 Å². The van der Waals surface area contributed by atoms with Gasteiger partial charge in [-0.05, 0) is 30.3 Å². The number of carbonyl (C=O) groups is 1. The number of aromatic hydroxyl groups is 2. The molecule has 0 bridgehead atoms. The lowest BCUT2D eigenvalue weighted by Crippen LogP contribution is -2.11. The van der Waals surface area contributed by atoms with Crippen molar-refractivity contribution in [1.82, 2.24) is 0 Å². The molecule has 6 heteroatoms. The number of hydrogen-bond donors (Lipinski definition) is 3. The SMILES string of the molecule is COc1ccc(NC(=O)c2ccc(O)c(O)c2)cc1F. The number of nitrogens with one attached hydrogen (secondary N) is 1. The molecule has 5 nitrogen and oxygen atoms in total. The number of anilines is 1. The summed E-state index contributed by atoms with van der Waals surface area (Å²) in [6, 6.07) is 7.64. The Kier molecular flexibility index (Phi) is 3.74. The maximum Gasteiger partial charge on any atom is 0.255 e. The molecule has 0 atom stereocenters. The Balaban J connectivity index is 2.19. The fourth-order valence-corrected chi connectivity index (χ4v) is 1.61. The molecule has 0 heterocycles. The number of hydrogen-bond acceptors (Lipinski definition) is 4. The number of amides is 1. The van der Waals surface area contributed by atoms with Crippen molar-refractivity contribution < 1.29 is 24.1 Å². The molecule has 2 rings (SSSR count). The third-order valence-corrected chi connectivity index (χ3v) is 2.65. The zero-order valence-electron chi connectivity index (χ0n) is 10.6. The van der Waals surface area contributed by atoms with E-state index in [0.717, 1.165) is 12.1 Å².